The van der Waals surface area contributed by atoms with E-state index in [0.717, 1.165) is 0 Å². The molecule has 0 radical (unpaired) electrons. The van der Waals surface area contributed by atoms with Gasteiger partial charge in [0, 0.05) is 25.4 Å². The zero-order chi connectivity index (χ0) is 9.26. The molecule has 2 aromatic heterocycles. The molecule has 0 fully saturated rings. The fraction of sp³-hybridized carbons (Fsp3) is 0.273. The third kappa shape index (κ3) is 1.68. The van der Waals surface area contributed by atoms with Crippen molar-refractivity contribution in [2.45, 2.75) is 12.8 Å². The van der Waals surface area contributed by atoms with Gasteiger partial charge in [-0.2, -0.15) is 11.3 Å². The lowest BCUT2D eigenvalue weighted by Crippen LogP contribution is -1.91. The zero-order valence-corrected chi connectivity index (χ0v) is 8.71. The van der Waals surface area contributed by atoms with E-state index in [-0.39, 0.29) is 0 Å². The van der Waals surface area contributed by atoms with Crippen LogP contribution in [0.4, 0.5) is 0 Å². The first-order valence-corrected chi connectivity index (χ1v) is 5.35. The van der Waals surface area contributed by atoms with Crippen molar-refractivity contribution in [3.63, 3.8) is 0 Å². The molecule has 2 rings (SSSR count). The second-order valence-electron chi connectivity index (χ2n) is 3.39. The fourth-order valence-corrected chi connectivity index (χ4v) is 2.25. The van der Waals surface area contributed by atoms with Crippen molar-refractivity contribution >= 4 is 11.3 Å². The van der Waals surface area contributed by atoms with Crippen molar-refractivity contribution < 1.29 is 0 Å². The Labute approximate surface area is 82.6 Å². The van der Waals surface area contributed by atoms with Crippen LogP contribution >= 0.6 is 11.3 Å². The second kappa shape index (κ2) is 3.38. The predicted molar refractivity (Wildman–Crippen MR) is 57.2 cm³/mol. The van der Waals surface area contributed by atoms with Gasteiger partial charge in [-0.15, -0.1) is 0 Å². The topological polar surface area (TPSA) is 4.93 Å². The lowest BCUT2D eigenvalue weighted by molar-refractivity contribution is 0.888. The maximum Gasteiger partial charge on any atom is 0.0106 e. The highest BCUT2D eigenvalue weighted by molar-refractivity contribution is 7.08. The first-order chi connectivity index (χ1) is 6.27. The first-order valence-electron chi connectivity index (χ1n) is 4.41. The van der Waals surface area contributed by atoms with E-state index in [9.17, 15) is 0 Å². The summed E-state index contributed by atoms with van der Waals surface area (Å²) >= 11 is 1.76. The van der Waals surface area contributed by atoms with Crippen LogP contribution in [0.2, 0.25) is 0 Å². The van der Waals surface area contributed by atoms with E-state index in [1.165, 1.54) is 11.1 Å². The van der Waals surface area contributed by atoms with E-state index in [0.29, 0.717) is 5.92 Å². The smallest absolute Gasteiger partial charge is 0.0106 e. The lowest BCUT2D eigenvalue weighted by atomic mass is 9.98. The number of thiophene rings is 1. The second-order valence-corrected chi connectivity index (χ2v) is 4.17. The van der Waals surface area contributed by atoms with Gasteiger partial charge < -0.3 is 4.57 Å². The van der Waals surface area contributed by atoms with Crippen LogP contribution in [0.5, 0.6) is 0 Å². The molecule has 0 bridgehead atoms. The number of rotatable bonds is 2. The molecule has 68 valence electrons. The molecule has 13 heavy (non-hydrogen) atoms. The van der Waals surface area contributed by atoms with Crippen LogP contribution in [-0.2, 0) is 7.05 Å². The Kier molecular flexibility index (Phi) is 2.23. The molecule has 2 heteroatoms. The summed E-state index contributed by atoms with van der Waals surface area (Å²) < 4.78 is 2.10. The van der Waals surface area contributed by atoms with Crippen LogP contribution in [0.3, 0.4) is 0 Å². The zero-order valence-electron chi connectivity index (χ0n) is 7.90. The highest BCUT2D eigenvalue weighted by atomic mass is 32.1. The molecule has 2 aromatic rings. The Balaban J connectivity index is 2.28. The molecule has 0 aromatic carbocycles. The molecule has 0 saturated heterocycles. The summed E-state index contributed by atoms with van der Waals surface area (Å²) in [5.41, 5.74) is 2.80. The molecule has 0 aliphatic heterocycles. The molecule has 1 atom stereocenters. The SMILES string of the molecule is CC(c1ccsc1)c1ccn(C)c1. The predicted octanol–water partition coefficient (Wildman–Crippen LogP) is 3.24. The fourth-order valence-electron chi connectivity index (χ4n) is 1.49. The average molecular weight is 191 g/mol. The van der Waals surface area contributed by atoms with Crippen LogP contribution in [0.25, 0.3) is 0 Å². The molecule has 0 spiro atoms. The van der Waals surface area contributed by atoms with Gasteiger partial charge >= 0.3 is 0 Å². The third-order valence-corrected chi connectivity index (χ3v) is 3.10. The summed E-state index contributed by atoms with van der Waals surface area (Å²) in [6.07, 6.45) is 4.28. The summed E-state index contributed by atoms with van der Waals surface area (Å²) in [6, 6.07) is 4.38. The summed E-state index contributed by atoms with van der Waals surface area (Å²) in [4.78, 5) is 0. The van der Waals surface area contributed by atoms with Gasteiger partial charge in [0.1, 0.15) is 0 Å². The lowest BCUT2D eigenvalue weighted by Gasteiger charge is -2.06. The van der Waals surface area contributed by atoms with E-state index in [4.69, 9.17) is 0 Å². The van der Waals surface area contributed by atoms with Gasteiger partial charge in [0.15, 0.2) is 0 Å². The van der Waals surface area contributed by atoms with Crippen LogP contribution in [0, 0.1) is 0 Å². The summed E-state index contributed by atoms with van der Waals surface area (Å²) in [5.74, 6) is 0.521. The molecule has 0 saturated carbocycles. The summed E-state index contributed by atoms with van der Waals surface area (Å²) in [6.45, 7) is 2.25. The van der Waals surface area contributed by atoms with Crippen LogP contribution in [0.1, 0.15) is 24.0 Å². The van der Waals surface area contributed by atoms with Crippen molar-refractivity contribution in [1.82, 2.24) is 4.57 Å². The number of hydrogen-bond acceptors (Lipinski definition) is 1. The van der Waals surface area contributed by atoms with Gasteiger partial charge in [0.2, 0.25) is 0 Å². The Morgan fingerprint density at radius 1 is 1.31 bits per heavy atom. The molecule has 0 aliphatic rings. The number of hydrogen-bond donors (Lipinski definition) is 0. The Morgan fingerprint density at radius 3 is 2.69 bits per heavy atom. The van der Waals surface area contributed by atoms with Crippen molar-refractivity contribution in [2.24, 2.45) is 7.05 Å². The Hall–Kier alpha value is -1.02. The molecule has 0 aliphatic carbocycles. The quantitative estimate of drug-likeness (QED) is 0.686. The van der Waals surface area contributed by atoms with Crippen molar-refractivity contribution in [1.29, 1.82) is 0 Å². The van der Waals surface area contributed by atoms with Gasteiger partial charge in [-0.3, -0.25) is 0 Å². The van der Waals surface area contributed by atoms with Gasteiger partial charge in [-0.25, -0.2) is 0 Å². The van der Waals surface area contributed by atoms with E-state index >= 15 is 0 Å². The Morgan fingerprint density at radius 2 is 2.15 bits per heavy atom. The number of aryl methyl sites for hydroxylation is 1. The van der Waals surface area contributed by atoms with Gasteiger partial charge in [-0.1, -0.05) is 6.92 Å². The summed E-state index contributed by atoms with van der Waals surface area (Å²) in [7, 11) is 2.06. The maximum absolute atomic E-state index is 2.25. The normalized spacial score (nSPS) is 13.1. The molecular formula is C11H13NS. The Bertz CT molecular complexity index is 372. The minimum absolute atomic E-state index is 0.521. The minimum atomic E-state index is 0.521. The highest BCUT2D eigenvalue weighted by Gasteiger charge is 2.08. The third-order valence-electron chi connectivity index (χ3n) is 2.40. The van der Waals surface area contributed by atoms with E-state index in [2.05, 4.69) is 53.8 Å². The van der Waals surface area contributed by atoms with Crippen molar-refractivity contribution in [3.8, 4) is 0 Å². The number of nitrogens with zero attached hydrogens (tertiary/aromatic N) is 1. The van der Waals surface area contributed by atoms with Gasteiger partial charge in [-0.05, 0) is 34.0 Å². The minimum Gasteiger partial charge on any atom is -0.357 e. The van der Waals surface area contributed by atoms with E-state index in [1.54, 1.807) is 11.3 Å². The molecule has 0 amide bonds. The first kappa shape index (κ1) is 8.57. The van der Waals surface area contributed by atoms with Gasteiger partial charge in [0.05, 0.1) is 0 Å². The van der Waals surface area contributed by atoms with Crippen LogP contribution < -0.4 is 0 Å². The number of aromatic nitrogens is 1. The van der Waals surface area contributed by atoms with Crippen molar-refractivity contribution in [2.75, 3.05) is 0 Å². The molecule has 1 nitrogen and oxygen atoms in total. The standard InChI is InChI=1S/C11H13NS/c1-9(11-4-6-13-8-11)10-3-5-12(2)7-10/h3-9H,1-2H3. The molecule has 1 unspecified atom stereocenters. The monoisotopic (exact) mass is 191 g/mol. The largest absolute Gasteiger partial charge is 0.357 e. The van der Waals surface area contributed by atoms with Crippen LogP contribution in [-0.4, -0.2) is 4.57 Å². The van der Waals surface area contributed by atoms with Crippen molar-refractivity contribution in [3.05, 3.63) is 46.4 Å². The summed E-state index contributed by atoms with van der Waals surface area (Å²) in [5, 5.41) is 4.35. The highest BCUT2D eigenvalue weighted by Crippen LogP contribution is 2.25. The average Bonchev–Trinajstić information content (AvgIpc) is 2.72. The van der Waals surface area contributed by atoms with Crippen LogP contribution in [0.15, 0.2) is 35.3 Å². The molecule has 2 heterocycles. The van der Waals surface area contributed by atoms with E-state index in [1.807, 2.05) is 0 Å². The maximum atomic E-state index is 2.25. The molecule has 0 N–H and O–H groups in total. The van der Waals surface area contributed by atoms with E-state index < -0.39 is 0 Å². The van der Waals surface area contributed by atoms with Gasteiger partial charge in [0.25, 0.3) is 0 Å². The molecular weight excluding hydrogens is 178 g/mol.